The molecule has 1 fully saturated rings. The average Bonchev–Trinajstić information content (AvgIpc) is 2.39. The molecule has 1 saturated heterocycles. The molecule has 8 heteroatoms. The normalized spacial score (nSPS) is 17.6. The SMILES string of the molecule is Cl.O=S(=O)(c1ccc(C(F)(F)F)cc1)C1CCNCC1. The van der Waals surface area contributed by atoms with Gasteiger partial charge in [0.25, 0.3) is 0 Å². The van der Waals surface area contributed by atoms with E-state index in [1.54, 1.807) is 0 Å². The van der Waals surface area contributed by atoms with Crippen LogP contribution in [0.15, 0.2) is 29.2 Å². The predicted octanol–water partition coefficient (Wildman–Crippen LogP) is 2.65. The van der Waals surface area contributed by atoms with Crippen LogP contribution in [0.4, 0.5) is 13.2 Å². The molecular formula is C12H15ClF3NO2S. The van der Waals surface area contributed by atoms with Crippen LogP contribution >= 0.6 is 12.4 Å². The highest BCUT2D eigenvalue weighted by Crippen LogP contribution is 2.30. The van der Waals surface area contributed by atoms with Crippen molar-refractivity contribution in [2.45, 2.75) is 29.2 Å². The molecule has 1 aliphatic rings. The van der Waals surface area contributed by atoms with Crippen molar-refractivity contribution in [1.82, 2.24) is 5.32 Å². The average molecular weight is 330 g/mol. The maximum Gasteiger partial charge on any atom is 0.416 e. The summed E-state index contributed by atoms with van der Waals surface area (Å²) in [4.78, 5) is -0.0348. The molecule has 114 valence electrons. The molecule has 0 amide bonds. The van der Waals surface area contributed by atoms with Crippen LogP contribution < -0.4 is 5.32 Å². The first-order valence-corrected chi connectivity index (χ1v) is 7.48. The highest BCUT2D eigenvalue weighted by Gasteiger charge is 2.32. The summed E-state index contributed by atoms with van der Waals surface area (Å²) in [7, 11) is -3.53. The van der Waals surface area contributed by atoms with Crippen LogP contribution in [-0.4, -0.2) is 26.8 Å². The maximum atomic E-state index is 12.4. The summed E-state index contributed by atoms with van der Waals surface area (Å²) in [5.41, 5.74) is -0.836. The molecule has 1 aliphatic heterocycles. The van der Waals surface area contributed by atoms with Gasteiger partial charge < -0.3 is 5.32 Å². The number of halogens is 4. The summed E-state index contributed by atoms with van der Waals surface area (Å²) < 4.78 is 61.7. The Balaban J connectivity index is 0.00000200. The lowest BCUT2D eigenvalue weighted by Gasteiger charge is -2.22. The maximum absolute atomic E-state index is 12.4. The van der Waals surface area contributed by atoms with Crippen LogP contribution in [0.1, 0.15) is 18.4 Å². The Labute approximate surface area is 121 Å². The molecule has 0 spiro atoms. The summed E-state index contributed by atoms with van der Waals surface area (Å²) in [5.74, 6) is 0. The molecule has 0 radical (unpaired) electrons. The summed E-state index contributed by atoms with van der Waals surface area (Å²) in [5, 5.41) is 2.55. The molecule has 1 aromatic rings. The van der Waals surface area contributed by atoms with Crippen molar-refractivity contribution >= 4 is 22.2 Å². The number of rotatable bonds is 2. The Kier molecular flexibility index (Phi) is 5.46. The van der Waals surface area contributed by atoms with Crippen molar-refractivity contribution < 1.29 is 21.6 Å². The summed E-state index contributed by atoms with van der Waals surface area (Å²) in [6.45, 7) is 1.23. The Hall–Kier alpha value is -0.790. The number of sulfone groups is 1. The first-order valence-electron chi connectivity index (χ1n) is 5.94. The van der Waals surface area contributed by atoms with Gasteiger partial charge >= 0.3 is 6.18 Å². The van der Waals surface area contributed by atoms with Crippen LogP contribution in [0.5, 0.6) is 0 Å². The minimum atomic E-state index is -4.45. The fraction of sp³-hybridized carbons (Fsp3) is 0.500. The highest BCUT2D eigenvalue weighted by molar-refractivity contribution is 7.92. The van der Waals surface area contributed by atoms with Crippen molar-refractivity contribution in [3.8, 4) is 0 Å². The molecular weight excluding hydrogens is 315 g/mol. The van der Waals surface area contributed by atoms with Gasteiger partial charge in [0.05, 0.1) is 15.7 Å². The Morgan fingerprint density at radius 2 is 1.55 bits per heavy atom. The molecule has 0 aromatic heterocycles. The van der Waals surface area contributed by atoms with Crippen molar-refractivity contribution in [3.05, 3.63) is 29.8 Å². The molecule has 0 unspecified atom stereocenters. The third-order valence-electron chi connectivity index (χ3n) is 3.24. The van der Waals surface area contributed by atoms with Crippen LogP contribution in [-0.2, 0) is 16.0 Å². The van der Waals surface area contributed by atoms with E-state index in [9.17, 15) is 21.6 Å². The quantitative estimate of drug-likeness (QED) is 0.907. The summed E-state index contributed by atoms with van der Waals surface area (Å²) in [6.07, 6.45) is -3.47. The van der Waals surface area contributed by atoms with E-state index in [1.165, 1.54) is 0 Å². The predicted molar refractivity (Wildman–Crippen MR) is 71.8 cm³/mol. The lowest BCUT2D eigenvalue weighted by molar-refractivity contribution is -0.137. The second-order valence-electron chi connectivity index (χ2n) is 4.52. The zero-order chi connectivity index (χ0) is 14.1. The van der Waals surface area contributed by atoms with Crippen LogP contribution in [0.3, 0.4) is 0 Å². The molecule has 1 heterocycles. The van der Waals surface area contributed by atoms with E-state index in [-0.39, 0.29) is 17.3 Å². The van der Waals surface area contributed by atoms with Crippen LogP contribution in [0, 0.1) is 0 Å². The van der Waals surface area contributed by atoms with Gasteiger partial charge in [-0.15, -0.1) is 12.4 Å². The van der Waals surface area contributed by atoms with E-state index in [0.717, 1.165) is 24.3 Å². The van der Waals surface area contributed by atoms with Gasteiger partial charge in [0.15, 0.2) is 9.84 Å². The van der Waals surface area contributed by atoms with Gasteiger partial charge in [-0.25, -0.2) is 8.42 Å². The fourth-order valence-corrected chi connectivity index (χ4v) is 3.89. The van der Waals surface area contributed by atoms with E-state index in [1.807, 2.05) is 0 Å². The van der Waals surface area contributed by atoms with Crippen LogP contribution in [0.2, 0.25) is 0 Å². The van der Waals surface area contributed by atoms with Crippen LogP contribution in [0.25, 0.3) is 0 Å². The lowest BCUT2D eigenvalue weighted by Crippen LogP contribution is -2.35. The Bertz CT molecular complexity index is 537. The van der Waals surface area contributed by atoms with Gasteiger partial charge in [-0.3, -0.25) is 0 Å². The second kappa shape index (κ2) is 6.32. The van der Waals surface area contributed by atoms with Gasteiger partial charge in [0.2, 0.25) is 0 Å². The largest absolute Gasteiger partial charge is 0.416 e. The van der Waals surface area contributed by atoms with Gasteiger partial charge in [-0.2, -0.15) is 13.2 Å². The first kappa shape index (κ1) is 17.3. The first-order chi connectivity index (χ1) is 8.82. The van der Waals surface area contributed by atoms with Gasteiger partial charge in [0.1, 0.15) is 0 Å². The van der Waals surface area contributed by atoms with Crippen molar-refractivity contribution in [2.75, 3.05) is 13.1 Å². The Morgan fingerprint density at radius 3 is 2.00 bits per heavy atom. The number of benzene rings is 1. The van der Waals surface area contributed by atoms with Crippen molar-refractivity contribution in [2.24, 2.45) is 0 Å². The minimum absolute atomic E-state index is 0. The molecule has 0 aliphatic carbocycles. The number of alkyl halides is 3. The number of hydrogen-bond acceptors (Lipinski definition) is 3. The Morgan fingerprint density at radius 1 is 1.05 bits per heavy atom. The molecule has 0 atom stereocenters. The number of piperidine rings is 1. The molecule has 1 N–H and O–H groups in total. The monoisotopic (exact) mass is 329 g/mol. The second-order valence-corrected chi connectivity index (χ2v) is 6.74. The molecule has 0 bridgehead atoms. The van der Waals surface area contributed by atoms with Gasteiger partial charge in [-0.1, -0.05) is 0 Å². The zero-order valence-electron chi connectivity index (χ0n) is 10.5. The van der Waals surface area contributed by atoms with Crippen molar-refractivity contribution in [3.63, 3.8) is 0 Å². The standard InChI is InChI=1S/C12H14F3NO2S.ClH/c13-12(14,15)9-1-3-10(4-2-9)19(17,18)11-5-7-16-8-6-11;/h1-4,11,16H,5-8H2;1H. The summed E-state index contributed by atoms with van der Waals surface area (Å²) >= 11 is 0. The third-order valence-corrected chi connectivity index (χ3v) is 5.51. The minimum Gasteiger partial charge on any atom is -0.317 e. The fourth-order valence-electron chi connectivity index (χ4n) is 2.13. The zero-order valence-corrected chi connectivity index (χ0v) is 12.1. The number of nitrogens with one attached hydrogen (secondary N) is 1. The molecule has 2 rings (SSSR count). The molecule has 20 heavy (non-hydrogen) atoms. The highest BCUT2D eigenvalue weighted by atomic mass is 35.5. The van der Waals surface area contributed by atoms with E-state index in [4.69, 9.17) is 0 Å². The van der Waals surface area contributed by atoms with E-state index >= 15 is 0 Å². The molecule has 3 nitrogen and oxygen atoms in total. The van der Waals surface area contributed by atoms with Gasteiger partial charge in [-0.05, 0) is 50.2 Å². The molecule has 0 saturated carbocycles. The topological polar surface area (TPSA) is 46.2 Å². The van der Waals surface area contributed by atoms with E-state index in [2.05, 4.69) is 5.32 Å². The third kappa shape index (κ3) is 3.65. The smallest absolute Gasteiger partial charge is 0.317 e. The van der Waals surface area contributed by atoms with Crippen molar-refractivity contribution in [1.29, 1.82) is 0 Å². The lowest BCUT2D eigenvalue weighted by atomic mass is 10.2. The molecule has 1 aromatic carbocycles. The number of hydrogen-bond donors (Lipinski definition) is 1. The summed E-state index contributed by atoms with van der Waals surface area (Å²) in [6, 6.07) is 3.71. The van der Waals surface area contributed by atoms with Gasteiger partial charge in [0, 0.05) is 0 Å². The van der Waals surface area contributed by atoms with E-state index < -0.39 is 26.8 Å². The van der Waals surface area contributed by atoms with E-state index in [0.29, 0.717) is 25.9 Å².